The molecular formula is C12H11O5P. The van der Waals surface area contributed by atoms with Crippen LogP contribution in [0.3, 0.4) is 0 Å². The highest BCUT2D eigenvalue weighted by atomic mass is 31.2. The normalized spacial score (nSPS) is 11.0. The molecule has 2 rings (SSSR count). The summed E-state index contributed by atoms with van der Waals surface area (Å²) >= 11 is 0. The van der Waals surface area contributed by atoms with Crippen LogP contribution in [0.5, 0.6) is 17.2 Å². The Hall–Kier alpha value is -1.81. The van der Waals surface area contributed by atoms with Crippen molar-refractivity contribution in [2.45, 2.75) is 0 Å². The number of phosphoric ester groups is 1. The average molecular weight is 266 g/mol. The third-order valence-corrected chi connectivity index (χ3v) is 2.46. The van der Waals surface area contributed by atoms with E-state index in [2.05, 4.69) is 4.52 Å². The molecule has 6 heteroatoms. The van der Waals surface area contributed by atoms with Crippen LogP contribution in [-0.4, -0.2) is 9.79 Å². The second-order valence-electron chi connectivity index (χ2n) is 3.47. The summed E-state index contributed by atoms with van der Waals surface area (Å²) in [5, 5.41) is 0. The fourth-order valence-corrected chi connectivity index (χ4v) is 1.74. The van der Waals surface area contributed by atoms with Gasteiger partial charge in [0.15, 0.2) is 0 Å². The van der Waals surface area contributed by atoms with Gasteiger partial charge < -0.3 is 9.26 Å². The number of benzene rings is 2. The molecule has 0 atom stereocenters. The van der Waals surface area contributed by atoms with Gasteiger partial charge >= 0.3 is 7.82 Å². The van der Waals surface area contributed by atoms with Crippen LogP contribution in [0.25, 0.3) is 0 Å². The second kappa shape index (κ2) is 5.23. The van der Waals surface area contributed by atoms with Gasteiger partial charge in [-0.2, -0.15) is 0 Å². The molecule has 2 aromatic rings. The molecule has 0 saturated heterocycles. The first-order chi connectivity index (χ1) is 8.53. The Labute approximate surface area is 104 Å². The van der Waals surface area contributed by atoms with Crippen molar-refractivity contribution < 1.29 is 23.6 Å². The van der Waals surface area contributed by atoms with E-state index in [1.54, 1.807) is 24.3 Å². The van der Waals surface area contributed by atoms with Gasteiger partial charge in [0.1, 0.15) is 17.2 Å². The lowest BCUT2D eigenvalue weighted by molar-refractivity contribution is 0.283. The molecule has 2 aromatic carbocycles. The van der Waals surface area contributed by atoms with E-state index in [1.165, 1.54) is 12.1 Å². The minimum absolute atomic E-state index is 0.0526. The quantitative estimate of drug-likeness (QED) is 0.832. The van der Waals surface area contributed by atoms with Gasteiger partial charge in [0.2, 0.25) is 0 Å². The van der Waals surface area contributed by atoms with Crippen LogP contribution in [0.1, 0.15) is 0 Å². The Bertz CT molecular complexity index is 564. The van der Waals surface area contributed by atoms with E-state index in [-0.39, 0.29) is 5.75 Å². The SMILES string of the molecule is O=P(O)(O)Oc1cccc(Oc2ccccc2)c1. The number of para-hydroxylation sites is 1. The Balaban J connectivity index is 2.15. The molecule has 0 aromatic heterocycles. The van der Waals surface area contributed by atoms with Crippen LogP contribution in [0.2, 0.25) is 0 Å². The Morgan fingerprint density at radius 2 is 1.44 bits per heavy atom. The molecule has 0 amide bonds. The number of ether oxygens (including phenoxy) is 1. The van der Waals surface area contributed by atoms with Crippen molar-refractivity contribution in [3.05, 3.63) is 54.6 Å². The minimum Gasteiger partial charge on any atom is -0.457 e. The van der Waals surface area contributed by atoms with Crippen molar-refractivity contribution in [3.8, 4) is 17.2 Å². The molecule has 0 aliphatic carbocycles. The third-order valence-electron chi connectivity index (χ3n) is 2.01. The lowest BCUT2D eigenvalue weighted by Gasteiger charge is -2.09. The molecule has 0 fully saturated rings. The van der Waals surface area contributed by atoms with Crippen LogP contribution >= 0.6 is 7.82 Å². The Morgan fingerprint density at radius 1 is 0.833 bits per heavy atom. The van der Waals surface area contributed by atoms with Gasteiger partial charge in [-0.1, -0.05) is 24.3 Å². The maximum Gasteiger partial charge on any atom is 0.524 e. The van der Waals surface area contributed by atoms with Gasteiger partial charge in [0, 0.05) is 6.07 Å². The largest absolute Gasteiger partial charge is 0.524 e. The molecule has 0 bridgehead atoms. The number of hydrogen-bond donors (Lipinski definition) is 2. The summed E-state index contributed by atoms with van der Waals surface area (Å²) in [6.45, 7) is 0. The van der Waals surface area contributed by atoms with Gasteiger partial charge in [-0.05, 0) is 24.3 Å². The molecule has 0 unspecified atom stereocenters. The first-order valence-corrected chi connectivity index (χ1v) is 6.64. The van der Waals surface area contributed by atoms with E-state index in [9.17, 15) is 4.57 Å². The maximum atomic E-state index is 10.7. The first kappa shape index (κ1) is 12.6. The molecule has 0 spiro atoms. The van der Waals surface area contributed by atoms with E-state index in [0.29, 0.717) is 11.5 Å². The van der Waals surface area contributed by atoms with Gasteiger partial charge in [-0.25, -0.2) is 4.57 Å². The van der Waals surface area contributed by atoms with Crippen molar-refractivity contribution >= 4 is 7.82 Å². The van der Waals surface area contributed by atoms with Gasteiger partial charge in [0.25, 0.3) is 0 Å². The van der Waals surface area contributed by atoms with Crippen molar-refractivity contribution in [2.75, 3.05) is 0 Å². The van der Waals surface area contributed by atoms with Gasteiger partial charge in [-0.15, -0.1) is 0 Å². The number of phosphoric acid groups is 1. The zero-order valence-electron chi connectivity index (χ0n) is 9.26. The molecule has 0 aliphatic heterocycles. The van der Waals surface area contributed by atoms with Gasteiger partial charge in [0.05, 0.1) is 0 Å². The molecule has 0 heterocycles. The maximum absolute atomic E-state index is 10.7. The second-order valence-corrected chi connectivity index (χ2v) is 4.64. The van der Waals surface area contributed by atoms with Crippen LogP contribution < -0.4 is 9.26 Å². The van der Waals surface area contributed by atoms with E-state index >= 15 is 0 Å². The Kier molecular flexibility index (Phi) is 3.67. The van der Waals surface area contributed by atoms with E-state index in [1.807, 2.05) is 18.2 Å². The summed E-state index contributed by atoms with van der Waals surface area (Å²) in [6.07, 6.45) is 0. The highest BCUT2D eigenvalue weighted by Crippen LogP contribution is 2.38. The molecule has 0 radical (unpaired) electrons. The number of hydrogen-bond acceptors (Lipinski definition) is 3. The van der Waals surface area contributed by atoms with Crippen LogP contribution in [0, 0.1) is 0 Å². The van der Waals surface area contributed by atoms with E-state index in [0.717, 1.165) is 0 Å². The zero-order chi connectivity index (χ0) is 13.0. The Morgan fingerprint density at radius 3 is 2.11 bits per heavy atom. The number of rotatable bonds is 4. The lowest BCUT2D eigenvalue weighted by Crippen LogP contribution is -1.90. The summed E-state index contributed by atoms with van der Waals surface area (Å²) in [4.78, 5) is 17.4. The van der Waals surface area contributed by atoms with Crippen molar-refractivity contribution in [2.24, 2.45) is 0 Å². The summed E-state index contributed by atoms with van der Waals surface area (Å²) < 4.78 is 20.7. The highest BCUT2D eigenvalue weighted by molar-refractivity contribution is 7.46. The van der Waals surface area contributed by atoms with E-state index in [4.69, 9.17) is 14.5 Å². The molecule has 0 aliphatic rings. The lowest BCUT2D eigenvalue weighted by atomic mass is 10.3. The predicted molar refractivity (Wildman–Crippen MR) is 65.6 cm³/mol. The van der Waals surface area contributed by atoms with Crippen LogP contribution in [0.15, 0.2) is 54.6 Å². The van der Waals surface area contributed by atoms with Gasteiger partial charge in [-0.3, -0.25) is 9.79 Å². The standard InChI is InChI=1S/C12H11O5P/c13-18(14,15)17-12-8-4-7-11(9-12)16-10-5-2-1-3-6-10/h1-9H,(H2,13,14,15). The van der Waals surface area contributed by atoms with Crippen LogP contribution in [0.4, 0.5) is 0 Å². The summed E-state index contributed by atoms with van der Waals surface area (Å²) in [5.41, 5.74) is 0. The highest BCUT2D eigenvalue weighted by Gasteiger charge is 2.15. The summed E-state index contributed by atoms with van der Waals surface area (Å²) in [5.74, 6) is 1.12. The molecule has 2 N–H and O–H groups in total. The van der Waals surface area contributed by atoms with Crippen molar-refractivity contribution in [3.63, 3.8) is 0 Å². The topological polar surface area (TPSA) is 76.0 Å². The fourth-order valence-electron chi connectivity index (χ4n) is 1.36. The van der Waals surface area contributed by atoms with Crippen LogP contribution in [-0.2, 0) is 4.57 Å². The summed E-state index contributed by atoms with van der Waals surface area (Å²) in [6, 6.07) is 15.2. The predicted octanol–water partition coefficient (Wildman–Crippen LogP) is 2.95. The third kappa shape index (κ3) is 3.89. The molecular weight excluding hydrogens is 255 g/mol. The average Bonchev–Trinajstić information content (AvgIpc) is 2.28. The van der Waals surface area contributed by atoms with Crippen molar-refractivity contribution in [1.82, 2.24) is 0 Å². The fraction of sp³-hybridized carbons (Fsp3) is 0. The smallest absolute Gasteiger partial charge is 0.457 e. The summed E-state index contributed by atoms with van der Waals surface area (Å²) in [7, 11) is -4.55. The molecule has 5 nitrogen and oxygen atoms in total. The molecule has 18 heavy (non-hydrogen) atoms. The first-order valence-electron chi connectivity index (χ1n) is 5.11. The van der Waals surface area contributed by atoms with Crippen molar-refractivity contribution in [1.29, 1.82) is 0 Å². The van der Waals surface area contributed by atoms with E-state index < -0.39 is 7.82 Å². The monoisotopic (exact) mass is 266 g/mol. The molecule has 94 valence electrons. The minimum atomic E-state index is -4.55. The molecule has 0 saturated carbocycles. The zero-order valence-corrected chi connectivity index (χ0v) is 10.2.